The Morgan fingerprint density at radius 2 is 2.00 bits per heavy atom. The van der Waals surface area contributed by atoms with Crippen LogP contribution in [-0.2, 0) is 0 Å². The number of fused-ring (bicyclic) bond motifs is 1. The van der Waals surface area contributed by atoms with Gasteiger partial charge in [0.05, 0.1) is 12.7 Å². The van der Waals surface area contributed by atoms with Crippen LogP contribution in [0.4, 0.5) is 0 Å². The number of hydrogen-bond donors (Lipinski definition) is 0. The third-order valence-corrected chi connectivity index (χ3v) is 4.11. The summed E-state index contributed by atoms with van der Waals surface area (Å²) in [7, 11) is 1.57. The van der Waals surface area contributed by atoms with Crippen LogP contribution in [-0.4, -0.2) is 13.4 Å². The van der Waals surface area contributed by atoms with E-state index in [1.54, 1.807) is 18.4 Å². The molecule has 0 saturated heterocycles. The van der Waals surface area contributed by atoms with E-state index >= 15 is 0 Å². The maximum absolute atomic E-state index is 11.1. The highest BCUT2D eigenvalue weighted by Crippen LogP contribution is 2.35. The van der Waals surface area contributed by atoms with Crippen LogP contribution < -0.4 is 4.74 Å². The molecule has 0 saturated carbocycles. The van der Waals surface area contributed by atoms with Gasteiger partial charge < -0.3 is 4.74 Å². The van der Waals surface area contributed by atoms with E-state index in [9.17, 15) is 4.79 Å². The zero-order valence-corrected chi connectivity index (χ0v) is 11.2. The van der Waals surface area contributed by atoms with Crippen molar-refractivity contribution >= 4 is 27.7 Å². The molecular weight excluding hydrogens is 256 g/mol. The highest BCUT2D eigenvalue weighted by molar-refractivity contribution is 7.17. The molecule has 0 aliphatic carbocycles. The second kappa shape index (κ2) is 4.86. The van der Waals surface area contributed by atoms with Crippen molar-refractivity contribution in [1.82, 2.24) is 0 Å². The first-order chi connectivity index (χ1) is 9.33. The lowest BCUT2D eigenvalue weighted by atomic mass is 10.0. The maximum atomic E-state index is 11.1. The van der Waals surface area contributed by atoms with Crippen molar-refractivity contribution in [3.05, 3.63) is 53.4 Å². The number of methoxy groups -OCH3 is 1. The molecule has 0 radical (unpaired) electrons. The predicted molar refractivity (Wildman–Crippen MR) is 79.2 cm³/mol. The van der Waals surface area contributed by atoms with Crippen molar-refractivity contribution < 1.29 is 9.53 Å². The van der Waals surface area contributed by atoms with Crippen molar-refractivity contribution in [2.24, 2.45) is 0 Å². The number of benzene rings is 2. The number of ether oxygens (including phenoxy) is 1. The van der Waals surface area contributed by atoms with Gasteiger partial charge in [-0.3, -0.25) is 4.79 Å². The molecule has 2 nitrogen and oxygen atoms in total. The molecule has 3 heteroatoms. The highest BCUT2D eigenvalue weighted by atomic mass is 32.1. The van der Waals surface area contributed by atoms with Crippen LogP contribution in [0.2, 0.25) is 0 Å². The summed E-state index contributed by atoms with van der Waals surface area (Å²) in [5.41, 5.74) is 2.78. The van der Waals surface area contributed by atoms with Crippen LogP contribution >= 0.6 is 11.3 Å². The Morgan fingerprint density at radius 3 is 2.79 bits per heavy atom. The van der Waals surface area contributed by atoms with E-state index in [1.165, 1.54) is 10.1 Å². The normalized spacial score (nSPS) is 10.6. The zero-order chi connectivity index (χ0) is 13.2. The number of hydrogen-bond acceptors (Lipinski definition) is 3. The summed E-state index contributed by atoms with van der Waals surface area (Å²) in [5, 5.41) is 3.34. The molecule has 94 valence electrons. The smallest absolute Gasteiger partial charge is 0.153 e. The Bertz CT molecular complexity index is 743. The summed E-state index contributed by atoms with van der Waals surface area (Å²) >= 11 is 1.71. The van der Waals surface area contributed by atoms with Gasteiger partial charge in [0.25, 0.3) is 0 Å². The summed E-state index contributed by atoms with van der Waals surface area (Å²) in [6, 6.07) is 14.0. The van der Waals surface area contributed by atoms with Crippen molar-refractivity contribution in [2.75, 3.05) is 7.11 Å². The van der Waals surface area contributed by atoms with E-state index in [-0.39, 0.29) is 0 Å². The van der Waals surface area contributed by atoms with Crippen LogP contribution in [0, 0.1) is 0 Å². The monoisotopic (exact) mass is 268 g/mol. The third-order valence-electron chi connectivity index (χ3n) is 3.15. The molecule has 19 heavy (non-hydrogen) atoms. The molecule has 0 aliphatic heterocycles. The lowest BCUT2D eigenvalue weighted by molar-refractivity contribution is 0.112. The lowest BCUT2D eigenvalue weighted by Crippen LogP contribution is -1.90. The van der Waals surface area contributed by atoms with Gasteiger partial charge in [-0.2, -0.15) is 0 Å². The first kappa shape index (κ1) is 11.9. The summed E-state index contributed by atoms with van der Waals surface area (Å²) < 4.78 is 6.42. The zero-order valence-electron chi connectivity index (χ0n) is 10.4. The average Bonchev–Trinajstić information content (AvgIpc) is 2.90. The molecule has 0 unspecified atom stereocenters. The van der Waals surface area contributed by atoms with Gasteiger partial charge in [0.2, 0.25) is 0 Å². The van der Waals surface area contributed by atoms with Gasteiger partial charge in [-0.05, 0) is 29.1 Å². The summed E-state index contributed by atoms with van der Waals surface area (Å²) in [5.74, 6) is 0.610. The van der Waals surface area contributed by atoms with Gasteiger partial charge in [-0.15, -0.1) is 11.3 Å². The molecule has 0 amide bonds. The third kappa shape index (κ3) is 2.02. The molecule has 1 aromatic heterocycles. The first-order valence-electron chi connectivity index (χ1n) is 5.93. The van der Waals surface area contributed by atoms with E-state index in [4.69, 9.17) is 4.74 Å². The van der Waals surface area contributed by atoms with E-state index < -0.39 is 0 Å². The van der Waals surface area contributed by atoms with Crippen LogP contribution in [0.25, 0.3) is 21.2 Å². The van der Waals surface area contributed by atoms with Gasteiger partial charge in [0.1, 0.15) is 5.75 Å². The molecular formula is C16H12O2S. The molecule has 0 N–H and O–H groups in total. The minimum absolute atomic E-state index is 0.579. The van der Waals surface area contributed by atoms with E-state index in [0.717, 1.165) is 17.4 Å². The fraction of sp³-hybridized carbons (Fsp3) is 0.0625. The summed E-state index contributed by atoms with van der Waals surface area (Å²) in [6.45, 7) is 0. The van der Waals surface area contributed by atoms with Gasteiger partial charge in [0.15, 0.2) is 6.29 Å². The minimum Gasteiger partial charge on any atom is -0.496 e. The van der Waals surface area contributed by atoms with E-state index in [2.05, 4.69) is 17.5 Å². The maximum Gasteiger partial charge on any atom is 0.153 e. The van der Waals surface area contributed by atoms with Gasteiger partial charge >= 0.3 is 0 Å². The molecule has 2 aromatic carbocycles. The Kier molecular flexibility index (Phi) is 3.05. The van der Waals surface area contributed by atoms with Crippen molar-refractivity contribution in [1.29, 1.82) is 0 Å². The molecule has 0 bridgehead atoms. The predicted octanol–water partition coefficient (Wildman–Crippen LogP) is 4.39. The Hall–Kier alpha value is -2.13. The van der Waals surface area contributed by atoms with Gasteiger partial charge in [-0.25, -0.2) is 0 Å². The number of carbonyl (C=O) groups excluding carboxylic acids is 1. The van der Waals surface area contributed by atoms with Crippen LogP contribution in [0.15, 0.2) is 47.8 Å². The lowest BCUT2D eigenvalue weighted by Gasteiger charge is -2.06. The van der Waals surface area contributed by atoms with Gasteiger partial charge in [-0.1, -0.05) is 24.3 Å². The molecule has 0 aliphatic rings. The van der Waals surface area contributed by atoms with Crippen LogP contribution in [0.1, 0.15) is 10.4 Å². The van der Waals surface area contributed by atoms with E-state index in [1.807, 2.05) is 30.3 Å². The van der Waals surface area contributed by atoms with Crippen LogP contribution in [0.3, 0.4) is 0 Å². The Balaban J connectivity index is 2.19. The van der Waals surface area contributed by atoms with E-state index in [0.29, 0.717) is 11.3 Å². The highest BCUT2D eigenvalue weighted by Gasteiger charge is 2.09. The van der Waals surface area contributed by atoms with Gasteiger partial charge in [0, 0.05) is 15.6 Å². The molecule has 3 aromatic rings. The number of aldehydes is 1. The molecule has 1 heterocycles. The summed E-state index contributed by atoms with van der Waals surface area (Å²) in [6.07, 6.45) is 0.830. The second-order valence-electron chi connectivity index (χ2n) is 4.22. The average molecular weight is 268 g/mol. The number of rotatable bonds is 3. The summed E-state index contributed by atoms with van der Waals surface area (Å²) in [4.78, 5) is 11.1. The van der Waals surface area contributed by atoms with Crippen molar-refractivity contribution in [3.63, 3.8) is 0 Å². The Labute approximate surface area is 115 Å². The number of thiophene rings is 1. The fourth-order valence-corrected chi connectivity index (χ4v) is 3.17. The van der Waals surface area contributed by atoms with Crippen molar-refractivity contribution in [3.8, 4) is 16.9 Å². The van der Waals surface area contributed by atoms with Crippen molar-refractivity contribution in [2.45, 2.75) is 0 Å². The largest absolute Gasteiger partial charge is 0.496 e. The second-order valence-corrected chi connectivity index (χ2v) is 5.13. The fourth-order valence-electron chi connectivity index (χ4n) is 2.20. The Morgan fingerprint density at radius 1 is 1.16 bits per heavy atom. The molecule has 0 spiro atoms. The van der Waals surface area contributed by atoms with Crippen LogP contribution in [0.5, 0.6) is 5.75 Å². The quantitative estimate of drug-likeness (QED) is 0.658. The topological polar surface area (TPSA) is 26.3 Å². The molecule has 0 fully saturated rings. The molecule has 3 rings (SSSR count). The number of carbonyl (C=O) groups is 1. The SMILES string of the molecule is COc1ccc(-c2csc3ccccc23)cc1C=O. The standard InChI is InChI=1S/C16H12O2S/c1-18-15-7-6-11(8-12(15)9-17)14-10-19-16-5-3-2-4-13(14)16/h2-10H,1H3. The molecule has 0 atom stereocenters. The first-order valence-corrected chi connectivity index (χ1v) is 6.81. The minimum atomic E-state index is 0.579.